The summed E-state index contributed by atoms with van der Waals surface area (Å²) in [5.74, 6) is 1.26. The number of hydrogen-bond donors (Lipinski definition) is 0. The molecular formula is C25H34N2OS. The second-order valence-electron chi connectivity index (χ2n) is 9.01. The van der Waals surface area contributed by atoms with Crippen molar-refractivity contribution in [3.63, 3.8) is 0 Å². The van der Waals surface area contributed by atoms with Crippen LogP contribution in [-0.2, 0) is 11.3 Å². The number of rotatable bonds is 6. The lowest BCUT2D eigenvalue weighted by Crippen LogP contribution is -2.44. The van der Waals surface area contributed by atoms with Crippen LogP contribution >= 0.6 is 11.3 Å². The third kappa shape index (κ3) is 5.10. The summed E-state index contributed by atoms with van der Waals surface area (Å²) < 4.78 is 0. The second kappa shape index (κ2) is 9.44. The first-order valence-corrected chi connectivity index (χ1v) is 12.1. The van der Waals surface area contributed by atoms with E-state index < -0.39 is 0 Å². The Morgan fingerprint density at radius 3 is 2.52 bits per heavy atom. The highest BCUT2D eigenvalue weighted by atomic mass is 32.1. The highest BCUT2D eigenvalue weighted by Gasteiger charge is 2.37. The Bertz CT molecular complexity index is 780. The van der Waals surface area contributed by atoms with Crippen molar-refractivity contribution < 1.29 is 4.79 Å². The molecule has 2 atom stereocenters. The Kier molecular flexibility index (Phi) is 6.71. The first kappa shape index (κ1) is 20.6. The van der Waals surface area contributed by atoms with Crippen LogP contribution in [0.25, 0.3) is 0 Å². The second-order valence-corrected chi connectivity index (χ2v) is 10.0. The smallest absolute Gasteiger partial charge is 0.219 e. The number of hydrogen-bond acceptors (Lipinski definition) is 3. The summed E-state index contributed by atoms with van der Waals surface area (Å²) in [4.78, 5) is 18.8. The zero-order valence-corrected chi connectivity index (χ0v) is 18.7. The van der Waals surface area contributed by atoms with E-state index in [0.29, 0.717) is 17.9 Å². The van der Waals surface area contributed by atoms with Gasteiger partial charge in [-0.3, -0.25) is 9.69 Å². The van der Waals surface area contributed by atoms with Crippen molar-refractivity contribution >= 4 is 17.2 Å². The molecule has 1 saturated carbocycles. The molecule has 156 valence electrons. The van der Waals surface area contributed by atoms with E-state index in [0.717, 1.165) is 26.2 Å². The van der Waals surface area contributed by atoms with Gasteiger partial charge >= 0.3 is 0 Å². The predicted molar refractivity (Wildman–Crippen MR) is 121 cm³/mol. The normalized spacial score (nSPS) is 23.4. The molecule has 0 unspecified atom stereocenters. The minimum atomic E-state index is 0.260. The van der Waals surface area contributed by atoms with Gasteiger partial charge in [-0.1, -0.05) is 55.2 Å². The van der Waals surface area contributed by atoms with E-state index in [1.54, 1.807) is 6.92 Å². The van der Waals surface area contributed by atoms with Gasteiger partial charge in [0.05, 0.1) is 0 Å². The first-order valence-electron chi connectivity index (χ1n) is 11.2. The summed E-state index contributed by atoms with van der Waals surface area (Å²) in [6.45, 7) is 8.02. The van der Waals surface area contributed by atoms with Gasteiger partial charge in [0.15, 0.2) is 0 Å². The molecule has 1 amide bonds. The van der Waals surface area contributed by atoms with E-state index in [1.807, 2.05) is 11.3 Å². The van der Waals surface area contributed by atoms with Crippen LogP contribution in [0.4, 0.5) is 0 Å². The molecule has 29 heavy (non-hydrogen) atoms. The Hall–Kier alpha value is -1.65. The Morgan fingerprint density at radius 2 is 1.86 bits per heavy atom. The fourth-order valence-corrected chi connectivity index (χ4v) is 6.02. The van der Waals surface area contributed by atoms with Gasteiger partial charge < -0.3 is 4.90 Å². The molecule has 1 aliphatic carbocycles. The van der Waals surface area contributed by atoms with Gasteiger partial charge in [-0.15, -0.1) is 11.3 Å². The van der Waals surface area contributed by atoms with Crippen molar-refractivity contribution in [2.75, 3.05) is 19.6 Å². The SMILES string of the molecule is CC(=O)N(C[C@H]1CN(Cc2cccs2)C[C@H]1c1ccc(C)cc1)C1CCCCC1. The van der Waals surface area contributed by atoms with Gasteiger partial charge in [0.2, 0.25) is 5.91 Å². The average Bonchev–Trinajstić information content (AvgIpc) is 3.37. The lowest BCUT2D eigenvalue weighted by molar-refractivity contribution is -0.132. The van der Waals surface area contributed by atoms with Crippen molar-refractivity contribution in [3.8, 4) is 0 Å². The van der Waals surface area contributed by atoms with Crippen molar-refractivity contribution in [1.82, 2.24) is 9.80 Å². The van der Waals surface area contributed by atoms with Gasteiger partial charge in [-0.05, 0) is 42.7 Å². The number of carbonyl (C=O) groups is 1. The van der Waals surface area contributed by atoms with E-state index in [1.165, 1.54) is 48.1 Å². The van der Waals surface area contributed by atoms with E-state index in [4.69, 9.17) is 0 Å². The van der Waals surface area contributed by atoms with Gasteiger partial charge in [-0.2, -0.15) is 0 Å². The molecule has 0 radical (unpaired) electrons. The van der Waals surface area contributed by atoms with E-state index in [-0.39, 0.29) is 5.91 Å². The summed E-state index contributed by atoms with van der Waals surface area (Å²) in [7, 11) is 0. The third-order valence-corrected chi connectivity index (χ3v) is 7.69. The number of amides is 1. The third-order valence-electron chi connectivity index (χ3n) is 6.83. The number of benzene rings is 1. The maximum Gasteiger partial charge on any atom is 0.219 e. The zero-order valence-electron chi connectivity index (χ0n) is 17.8. The zero-order chi connectivity index (χ0) is 20.2. The number of thiophene rings is 1. The van der Waals surface area contributed by atoms with Gasteiger partial charge in [0, 0.05) is 49.9 Å². The Labute approximate surface area is 179 Å². The van der Waals surface area contributed by atoms with Crippen molar-refractivity contribution in [3.05, 3.63) is 57.8 Å². The molecule has 4 rings (SSSR count). The minimum Gasteiger partial charge on any atom is -0.340 e. The topological polar surface area (TPSA) is 23.6 Å². The predicted octanol–water partition coefficient (Wildman–Crippen LogP) is 5.45. The molecule has 1 aliphatic heterocycles. The molecule has 1 aromatic heterocycles. The standard InChI is InChI=1S/C25H34N2OS/c1-19-10-12-21(13-11-19)25-18-26(17-24-9-6-14-29-24)15-22(25)16-27(20(2)28)23-7-4-3-5-8-23/h6,9-14,22-23,25H,3-5,7-8,15-18H2,1-2H3/t22-,25+/m1/s1. The minimum absolute atomic E-state index is 0.260. The molecule has 1 aromatic carbocycles. The molecule has 2 aliphatic rings. The molecular weight excluding hydrogens is 376 g/mol. The molecule has 0 spiro atoms. The lowest BCUT2D eigenvalue weighted by Gasteiger charge is -2.36. The number of likely N-dealkylation sites (tertiary alicyclic amines) is 1. The summed E-state index contributed by atoms with van der Waals surface area (Å²) in [6.07, 6.45) is 6.23. The van der Waals surface area contributed by atoms with Gasteiger partial charge in [0.25, 0.3) is 0 Å². The summed E-state index contributed by atoms with van der Waals surface area (Å²) in [6, 6.07) is 13.9. The summed E-state index contributed by atoms with van der Waals surface area (Å²) in [5, 5.41) is 2.17. The molecule has 2 fully saturated rings. The molecule has 0 bridgehead atoms. The molecule has 3 nitrogen and oxygen atoms in total. The van der Waals surface area contributed by atoms with Crippen LogP contribution in [0.1, 0.15) is 60.9 Å². The lowest BCUT2D eigenvalue weighted by atomic mass is 9.87. The van der Waals surface area contributed by atoms with Crippen LogP contribution in [0.15, 0.2) is 41.8 Å². The number of nitrogens with zero attached hydrogens (tertiary/aromatic N) is 2. The van der Waals surface area contributed by atoms with Crippen LogP contribution in [0.5, 0.6) is 0 Å². The van der Waals surface area contributed by atoms with Crippen molar-refractivity contribution in [2.24, 2.45) is 5.92 Å². The van der Waals surface area contributed by atoms with Crippen molar-refractivity contribution in [1.29, 1.82) is 0 Å². The molecule has 1 saturated heterocycles. The van der Waals surface area contributed by atoms with E-state index in [9.17, 15) is 4.79 Å². The first-order chi connectivity index (χ1) is 14.1. The maximum atomic E-state index is 12.6. The van der Waals surface area contributed by atoms with Crippen LogP contribution in [0.2, 0.25) is 0 Å². The van der Waals surface area contributed by atoms with Crippen molar-refractivity contribution in [2.45, 2.75) is 64.5 Å². The molecule has 0 N–H and O–H groups in total. The highest BCUT2D eigenvalue weighted by Crippen LogP contribution is 2.36. The average molecular weight is 411 g/mol. The Balaban J connectivity index is 1.53. The van der Waals surface area contributed by atoms with Crippen LogP contribution in [0.3, 0.4) is 0 Å². The quantitative estimate of drug-likeness (QED) is 0.632. The molecule has 4 heteroatoms. The van der Waals surface area contributed by atoms with Crippen LogP contribution < -0.4 is 0 Å². The molecule has 2 aromatic rings. The summed E-state index contributed by atoms with van der Waals surface area (Å²) >= 11 is 1.85. The fourth-order valence-electron chi connectivity index (χ4n) is 5.27. The summed E-state index contributed by atoms with van der Waals surface area (Å²) in [5.41, 5.74) is 2.74. The van der Waals surface area contributed by atoms with Gasteiger partial charge in [-0.25, -0.2) is 0 Å². The number of carbonyl (C=O) groups excluding carboxylic acids is 1. The largest absolute Gasteiger partial charge is 0.340 e. The highest BCUT2D eigenvalue weighted by molar-refractivity contribution is 7.09. The monoisotopic (exact) mass is 410 g/mol. The van der Waals surface area contributed by atoms with Gasteiger partial charge in [0.1, 0.15) is 0 Å². The van der Waals surface area contributed by atoms with Crippen LogP contribution in [-0.4, -0.2) is 41.4 Å². The Morgan fingerprint density at radius 1 is 1.10 bits per heavy atom. The maximum absolute atomic E-state index is 12.6. The van der Waals surface area contributed by atoms with E-state index >= 15 is 0 Å². The fraction of sp³-hybridized carbons (Fsp3) is 0.560. The van der Waals surface area contributed by atoms with Crippen LogP contribution in [0, 0.1) is 12.8 Å². The van der Waals surface area contributed by atoms with E-state index in [2.05, 4.69) is 58.5 Å². The number of aryl methyl sites for hydroxylation is 1. The molecule has 2 heterocycles.